The summed E-state index contributed by atoms with van der Waals surface area (Å²) in [6.45, 7) is -3.87. The third-order valence-electron chi connectivity index (χ3n) is 1.39. The number of nitrogens with one attached hydrogen (secondary N) is 1. The van der Waals surface area contributed by atoms with E-state index in [1.807, 2.05) is 5.32 Å². The molecule has 0 saturated carbocycles. The molecule has 5 nitrogen and oxygen atoms in total. The van der Waals surface area contributed by atoms with E-state index in [0.29, 0.717) is 0 Å². The zero-order valence-electron chi connectivity index (χ0n) is 10.6. The molecule has 0 aromatic heterocycles. The predicted octanol–water partition coefficient (Wildman–Crippen LogP) is -2.97. The highest BCUT2D eigenvalue weighted by atomic mass is 16.4. The molecule has 0 amide bonds. The maximum absolute atomic E-state index is 9.52. The molecule has 4 atom stereocenters. The summed E-state index contributed by atoms with van der Waals surface area (Å²) in [7, 11) is 0. The van der Waals surface area contributed by atoms with E-state index in [4.69, 9.17) is 12.0 Å². The predicted molar refractivity (Wildman–Crippen MR) is 36.9 cm³/mol. The van der Waals surface area contributed by atoms with Crippen LogP contribution < -0.4 is 5.32 Å². The number of β-amino-alcohol motifs (C(OH)–C–C–N with tert-alkyl or cyclic N) is 1. The normalized spacial score (nSPS) is 73.8. The second-order valence-electron chi connectivity index (χ2n) is 2.12. The fraction of sp³-hybridized carbons (Fsp3) is 1.00. The van der Waals surface area contributed by atoms with E-state index in [1.165, 1.54) is 0 Å². The number of rotatable bonds is 1. The van der Waals surface area contributed by atoms with Crippen molar-refractivity contribution in [1.29, 1.82) is 0 Å². The van der Waals surface area contributed by atoms with E-state index >= 15 is 0 Å². The molecular formula is C6H13NO4. The average molecular weight is 168 g/mol. The van der Waals surface area contributed by atoms with Crippen LogP contribution in [0.25, 0.3) is 0 Å². The lowest BCUT2D eigenvalue weighted by molar-refractivity contribution is -0.101. The lowest BCUT2D eigenvalue weighted by atomic mass is 9.97. The molecule has 0 aromatic rings. The number of hydrogen-bond acceptors (Lipinski definition) is 5. The molecular weight excluding hydrogens is 150 g/mol. The van der Waals surface area contributed by atoms with Gasteiger partial charge in [0.15, 0.2) is 0 Å². The molecule has 1 aliphatic rings. The van der Waals surface area contributed by atoms with Crippen LogP contribution in [0, 0.1) is 0 Å². The first-order valence-corrected chi connectivity index (χ1v) is 2.97. The van der Waals surface area contributed by atoms with Gasteiger partial charge in [0.1, 0.15) is 6.08 Å². The van der Waals surface area contributed by atoms with Gasteiger partial charge in [-0.25, -0.2) is 0 Å². The number of aliphatic hydroxyl groups is 4. The Morgan fingerprint density at radius 3 is 2.64 bits per heavy atom. The van der Waals surface area contributed by atoms with Gasteiger partial charge in [-0.2, -0.15) is 0 Å². The Labute approximate surface area is 71.3 Å². The molecule has 0 aliphatic carbocycles. The largest absolute Gasteiger partial charge is 0.395 e. The Morgan fingerprint density at radius 1 is 1.45 bits per heavy atom. The summed E-state index contributed by atoms with van der Waals surface area (Å²) in [5.41, 5.74) is 0. The van der Waals surface area contributed by atoms with Crippen LogP contribution in [0.4, 0.5) is 0 Å². The van der Waals surface area contributed by atoms with Crippen molar-refractivity contribution < 1.29 is 27.3 Å². The molecule has 0 bridgehead atoms. The zero-order valence-corrected chi connectivity index (χ0v) is 5.57. The third-order valence-corrected chi connectivity index (χ3v) is 1.39. The highest BCUT2D eigenvalue weighted by Gasteiger charge is 2.35. The minimum absolute atomic E-state index is 0.779. The fourth-order valence-electron chi connectivity index (χ4n) is 0.770. The van der Waals surface area contributed by atoms with Gasteiger partial charge in [-0.3, -0.25) is 0 Å². The van der Waals surface area contributed by atoms with Gasteiger partial charge in [0.25, 0.3) is 0 Å². The molecule has 5 heteroatoms. The van der Waals surface area contributed by atoms with Crippen LogP contribution in [0.2, 0.25) is 0 Å². The van der Waals surface area contributed by atoms with Crippen LogP contribution in [0.15, 0.2) is 0 Å². The highest BCUT2D eigenvalue weighted by molar-refractivity contribution is 4.91. The van der Waals surface area contributed by atoms with Crippen molar-refractivity contribution in [2.75, 3.05) is 13.1 Å². The van der Waals surface area contributed by atoms with E-state index in [1.54, 1.807) is 0 Å². The smallest absolute Gasteiger partial charge is 0.109 e. The standard InChI is InChI=1S/C6H13NO4/c8-2-3-5(10)6(11)4(9)1-7-3/h3-11H,1-2H2/t3-,4+,5+,6-/m1/s1/i2D2,4D,5D,6D. The molecule has 11 heavy (non-hydrogen) atoms. The van der Waals surface area contributed by atoms with Gasteiger partial charge in [-0.1, -0.05) is 0 Å². The first kappa shape index (κ1) is 4.15. The molecule has 0 aromatic carbocycles. The van der Waals surface area contributed by atoms with Crippen molar-refractivity contribution in [3.63, 3.8) is 0 Å². The lowest BCUT2D eigenvalue weighted by Crippen LogP contribution is -2.60. The molecule has 1 rings (SSSR count). The molecule has 1 fully saturated rings. The highest BCUT2D eigenvalue weighted by Crippen LogP contribution is 2.09. The molecule has 0 spiro atoms. The van der Waals surface area contributed by atoms with Crippen molar-refractivity contribution in [2.24, 2.45) is 0 Å². The van der Waals surface area contributed by atoms with Gasteiger partial charge in [0.2, 0.25) is 0 Å². The van der Waals surface area contributed by atoms with Crippen LogP contribution >= 0.6 is 0 Å². The number of piperidine rings is 1. The van der Waals surface area contributed by atoms with Crippen LogP contribution in [-0.4, -0.2) is 57.8 Å². The van der Waals surface area contributed by atoms with Gasteiger partial charge >= 0.3 is 0 Å². The van der Waals surface area contributed by atoms with Crippen molar-refractivity contribution in [3.8, 4) is 0 Å². The summed E-state index contributed by atoms with van der Waals surface area (Å²) < 4.78 is 35.5. The van der Waals surface area contributed by atoms with E-state index in [0.717, 1.165) is 0 Å². The van der Waals surface area contributed by atoms with E-state index in [2.05, 4.69) is 0 Å². The summed E-state index contributed by atoms with van der Waals surface area (Å²) in [5.74, 6) is 0. The van der Waals surface area contributed by atoms with E-state index in [-0.39, 0.29) is 0 Å². The number of hydrogen-bond donors (Lipinski definition) is 5. The van der Waals surface area contributed by atoms with Gasteiger partial charge in [-0.05, 0) is 0 Å². The summed E-state index contributed by atoms with van der Waals surface area (Å²) in [4.78, 5) is 0. The van der Waals surface area contributed by atoms with Crippen molar-refractivity contribution in [3.05, 3.63) is 0 Å². The summed E-state index contributed by atoms with van der Waals surface area (Å²) in [6, 6.07) is -2.03. The van der Waals surface area contributed by atoms with Crippen molar-refractivity contribution in [2.45, 2.75) is 24.3 Å². The fourth-order valence-corrected chi connectivity index (χ4v) is 0.770. The molecule has 1 saturated heterocycles. The second kappa shape index (κ2) is 3.46. The topological polar surface area (TPSA) is 93.0 Å². The van der Waals surface area contributed by atoms with Gasteiger partial charge in [0.05, 0.1) is 31.6 Å². The van der Waals surface area contributed by atoms with Gasteiger partial charge < -0.3 is 25.7 Å². The first-order chi connectivity index (χ1) is 6.84. The quantitative estimate of drug-likeness (QED) is 0.288. The minimum Gasteiger partial charge on any atom is -0.395 e. The van der Waals surface area contributed by atoms with E-state index in [9.17, 15) is 15.3 Å². The molecule has 5 N–H and O–H groups in total. The summed E-state index contributed by atoms with van der Waals surface area (Å²) in [5, 5.41) is 39.3. The zero-order chi connectivity index (χ0) is 13.0. The molecule has 1 heterocycles. The molecule has 0 radical (unpaired) electrons. The Kier molecular flexibility index (Phi) is 1.31. The third kappa shape index (κ3) is 1.69. The Bertz CT molecular complexity index is 289. The maximum Gasteiger partial charge on any atom is 0.109 e. The molecule has 66 valence electrons. The van der Waals surface area contributed by atoms with Crippen molar-refractivity contribution >= 4 is 0 Å². The maximum atomic E-state index is 9.52. The SMILES string of the molecule is [2H]C([2H])(O)[C@H]1NC[C@]([2H])(O)[C@@]([2H])(O)[C@@]1([2H])O. The Hall–Kier alpha value is -0.200. The Morgan fingerprint density at radius 2 is 2.09 bits per heavy atom. The molecule has 0 unspecified atom stereocenters. The van der Waals surface area contributed by atoms with E-state index < -0.39 is 37.4 Å². The summed E-state index contributed by atoms with van der Waals surface area (Å²) >= 11 is 0. The van der Waals surface area contributed by atoms with Crippen molar-refractivity contribution in [1.82, 2.24) is 5.32 Å². The summed E-state index contributed by atoms with van der Waals surface area (Å²) in [6.07, 6.45) is -9.56. The first-order valence-electron chi connectivity index (χ1n) is 5.47. The van der Waals surface area contributed by atoms with Crippen LogP contribution in [0.3, 0.4) is 0 Å². The average Bonchev–Trinajstić information content (AvgIpc) is 1.97. The van der Waals surface area contributed by atoms with Gasteiger partial charge in [-0.15, -0.1) is 0 Å². The molecule has 1 aliphatic heterocycles. The lowest BCUT2D eigenvalue weighted by Gasteiger charge is -2.34. The van der Waals surface area contributed by atoms with Gasteiger partial charge in [0, 0.05) is 6.54 Å². The Balaban J connectivity index is 3.17. The van der Waals surface area contributed by atoms with Crippen LogP contribution in [0.1, 0.15) is 6.85 Å². The van der Waals surface area contributed by atoms with Crippen LogP contribution in [0.5, 0.6) is 0 Å². The minimum atomic E-state index is -3.37. The monoisotopic (exact) mass is 168 g/mol. The second-order valence-corrected chi connectivity index (χ2v) is 2.12. The van der Waals surface area contributed by atoms with Crippen LogP contribution in [-0.2, 0) is 0 Å².